The number of rotatable bonds is 4. The predicted octanol–water partition coefficient (Wildman–Crippen LogP) is 2.42. The predicted molar refractivity (Wildman–Crippen MR) is 99.4 cm³/mol. The Morgan fingerprint density at radius 1 is 1.20 bits per heavy atom. The highest BCUT2D eigenvalue weighted by atomic mass is 16.2. The van der Waals surface area contributed by atoms with Gasteiger partial charge in [0.1, 0.15) is 0 Å². The van der Waals surface area contributed by atoms with Crippen molar-refractivity contribution in [1.82, 2.24) is 10.2 Å². The van der Waals surface area contributed by atoms with Gasteiger partial charge in [0.25, 0.3) is 0 Å². The molecule has 3 atom stereocenters. The number of hydrogen-bond donors (Lipinski definition) is 1. The first-order chi connectivity index (χ1) is 12.1. The van der Waals surface area contributed by atoms with Crippen molar-refractivity contribution in [3.05, 3.63) is 30.3 Å². The van der Waals surface area contributed by atoms with Gasteiger partial charge in [-0.25, -0.2) is 0 Å². The number of nitrogens with zero attached hydrogens (tertiary/aromatic N) is 2. The summed E-state index contributed by atoms with van der Waals surface area (Å²) in [5.41, 5.74) is 0.982. The van der Waals surface area contributed by atoms with E-state index in [-0.39, 0.29) is 17.9 Å². The Labute approximate surface area is 150 Å². The van der Waals surface area contributed by atoms with Crippen LogP contribution in [0.2, 0.25) is 0 Å². The summed E-state index contributed by atoms with van der Waals surface area (Å²) >= 11 is 0. The summed E-state index contributed by atoms with van der Waals surface area (Å²) in [4.78, 5) is 28.7. The molecule has 0 radical (unpaired) electrons. The quantitative estimate of drug-likeness (QED) is 0.913. The van der Waals surface area contributed by atoms with Gasteiger partial charge in [0.15, 0.2) is 0 Å². The summed E-state index contributed by atoms with van der Waals surface area (Å²) in [6.45, 7) is 6.46. The van der Waals surface area contributed by atoms with Crippen LogP contribution < -0.4 is 10.2 Å². The van der Waals surface area contributed by atoms with Crippen molar-refractivity contribution in [1.29, 1.82) is 0 Å². The number of nitrogens with one attached hydrogen (secondary N) is 1. The van der Waals surface area contributed by atoms with E-state index in [1.165, 1.54) is 0 Å². The molecule has 136 valence electrons. The second-order valence-electron chi connectivity index (χ2n) is 7.25. The molecular weight excluding hydrogens is 314 g/mol. The largest absolute Gasteiger partial charge is 0.342 e. The second-order valence-corrected chi connectivity index (χ2v) is 7.25. The van der Waals surface area contributed by atoms with Gasteiger partial charge in [-0.15, -0.1) is 0 Å². The number of anilines is 1. The number of benzene rings is 1. The number of amides is 2. The Bertz CT molecular complexity index is 604. The van der Waals surface area contributed by atoms with E-state index < -0.39 is 0 Å². The van der Waals surface area contributed by atoms with Gasteiger partial charge in [0.05, 0.1) is 6.04 Å². The standard InChI is InChI=1S/C20H29N3O2/c1-3-19(24)22-13-11-17(15(2)14-22)21-18-10-7-12-23(20(18)25)16-8-5-4-6-9-16/h4-6,8-9,15,17-18,21H,3,7,10-14H2,1-2H3/t15-,17-,18+/m0/s1. The molecule has 0 aliphatic carbocycles. The molecule has 1 N–H and O–H groups in total. The van der Waals surface area contributed by atoms with Crippen LogP contribution in [0.3, 0.4) is 0 Å². The van der Waals surface area contributed by atoms with Crippen LogP contribution >= 0.6 is 0 Å². The van der Waals surface area contributed by atoms with Crippen molar-refractivity contribution in [2.75, 3.05) is 24.5 Å². The number of carbonyl (C=O) groups excluding carboxylic acids is 2. The van der Waals surface area contributed by atoms with Gasteiger partial charge in [-0.05, 0) is 37.3 Å². The van der Waals surface area contributed by atoms with Crippen LogP contribution in [0.25, 0.3) is 0 Å². The molecule has 2 fully saturated rings. The fourth-order valence-corrected chi connectivity index (χ4v) is 4.00. The highest BCUT2D eigenvalue weighted by Crippen LogP contribution is 2.23. The third kappa shape index (κ3) is 4.03. The molecule has 3 rings (SSSR count). The minimum Gasteiger partial charge on any atom is -0.342 e. The van der Waals surface area contributed by atoms with Crippen LogP contribution in [0, 0.1) is 5.92 Å². The Morgan fingerprint density at radius 3 is 2.64 bits per heavy atom. The molecule has 1 aromatic rings. The van der Waals surface area contributed by atoms with Crippen LogP contribution in [-0.2, 0) is 9.59 Å². The SMILES string of the molecule is CCC(=O)N1CC[C@H](N[C@@H]2CCCN(c3ccccc3)C2=O)[C@@H](C)C1. The fraction of sp³-hybridized carbons (Fsp3) is 0.600. The summed E-state index contributed by atoms with van der Waals surface area (Å²) in [5, 5.41) is 3.61. The van der Waals surface area contributed by atoms with Crippen molar-refractivity contribution in [2.24, 2.45) is 5.92 Å². The molecule has 5 nitrogen and oxygen atoms in total. The average molecular weight is 343 g/mol. The lowest BCUT2D eigenvalue weighted by molar-refractivity contribution is -0.133. The fourth-order valence-electron chi connectivity index (χ4n) is 4.00. The van der Waals surface area contributed by atoms with E-state index in [0.717, 1.165) is 44.6 Å². The summed E-state index contributed by atoms with van der Waals surface area (Å²) < 4.78 is 0. The van der Waals surface area contributed by atoms with Gasteiger partial charge < -0.3 is 15.1 Å². The molecule has 25 heavy (non-hydrogen) atoms. The molecule has 0 unspecified atom stereocenters. The van der Waals surface area contributed by atoms with Gasteiger partial charge >= 0.3 is 0 Å². The molecule has 2 saturated heterocycles. The molecule has 0 spiro atoms. The van der Waals surface area contributed by atoms with Gasteiger partial charge in [0, 0.05) is 37.8 Å². The van der Waals surface area contributed by atoms with Crippen LogP contribution in [0.5, 0.6) is 0 Å². The topological polar surface area (TPSA) is 52.7 Å². The van der Waals surface area contributed by atoms with Gasteiger partial charge in [-0.2, -0.15) is 0 Å². The van der Waals surface area contributed by atoms with E-state index in [1.54, 1.807) is 0 Å². The zero-order valence-corrected chi connectivity index (χ0v) is 15.3. The summed E-state index contributed by atoms with van der Waals surface area (Å²) in [6, 6.07) is 10.1. The Morgan fingerprint density at radius 2 is 1.96 bits per heavy atom. The van der Waals surface area contributed by atoms with Crippen LogP contribution in [0.1, 0.15) is 39.5 Å². The molecule has 2 aliphatic heterocycles. The summed E-state index contributed by atoms with van der Waals surface area (Å²) in [7, 11) is 0. The smallest absolute Gasteiger partial charge is 0.244 e. The minimum atomic E-state index is -0.116. The van der Waals surface area contributed by atoms with Crippen LogP contribution in [0.4, 0.5) is 5.69 Å². The third-order valence-corrected chi connectivity index (χ3v) is 5.48. The summed E-state index contributed by atoms with van der Waals surface area (Å²) in [5.74, 6) is 0.773. The molecule has 2 amide bonds. The number of piperidine rings is 2. The van der Waals surface area contributed by atoms with Gasteiger partial charge in [-0.3, -0.25) is 9.59 Å². The molecule has 0 saturated carbocycles. The lowest BCUT2D eigenvalue weighted by atomic mass is 9.91. The van der Waals surface area contributed by atoms with E-state index in [4.69, 9.17) is 0 Å². The second kappa shape index (κ2) is 8.00. The van der Waals surface area contributed by atoms with E-state index in [1.807, 2.05) is 47.1 Å². The maximum absolute atomic E-state index is 12.9. The number of hydrogen-bond acceptors (Lipinski definition) is 3. The maximum Gasteiger partial charge on any atom is 0.244 e. The van der Waals surface area contributed by atoms with Gasteiger partial charge in [-0.1, -0.05) is 32.0 Å². The highest BCUT2D eigenvalue weighted by molar-refractivity contribution is 5.97. The van der Waals surface area contributed by atoms with Crippen molar-refractivity contribution in [3.63, 3.8) is 0 Å². The first-order valence-electron chi connectivity index (χ1n) is 9.50. The highest BCUT2D eigenvalue weighted by Gasteiger charge is 2.34. The maximum atomic E-state index is 12.9. The van der Waals surface area contributed by atoms with Crippen molar-refractivity contribution < 1.29 is 9.59 Å². The Kier molecular flexibility index (Phi) is 5.74. The van der Waals surface area contributed by atoms with Crippen molar-refractivity contribution in [3.8, 4) is 0 Å². The van der Waals surface area contributed by atoms with E-state index >= 15 is 0 Å². The molecule has 0 bridgehead atoms. The lowest BCUT2D eigenvalue weighted by Crippen LogP contribution is -2.58. The lowest BCUT2D eigenvalue weighted by Gasteiger charge is -2.41. The summed E-state index contributed by atoms with van der Waals surface area (Å²) in [6.07, 6.45) is 3.39. The monoisotopic (exact) mass is 343 g/mol. The molecule has 5 heteroatoms. The normalized spacial score (nSPS) is 27.4. The average Bonchev–Trinajstić information content (AvgIpc) is 2.65. The Balaban J connectivity index is 1.61. The first kappa shape index (κ1) is 17.9. The number of para-hydroxylation sites is 1. The number of carbonyl (C=O) groups is 2. The van der Waals surface area contributed by atoms with Crippen molar-refractivity contribution in [2.45, 2.75) is 51.6 Å². The number of likely N-dealkylation sites (tertiary alicyclic amines) is 1. The third-order valence-electron chi connectivity index (χ3n) is 5.48. The minimum absolute atomic E-state index is 0.116. The first-order valence-corrected chi connectivity index (χ1v) is 9.50. The molecule has 2 heterocycles. The molecular formula is C20H29N3O2. The zero-order valence-electron chi connectivity index (χ0n) is 15.3. The molecule has 1 aromatic carbocycles. The van der Waals surface area contributed by atoms with Crippen molar-refractivity contribution >= 4 is 17.5 Å². The van der Waals surface area contributed by atoms with E-state index in [2.05, 4.69) is 12.2 Å². The van der Waals surface area contributed by atoms with Gasteiger partial charge in [0.2, 0.25) is 11.8 Å². The molecule has 0 aromatic heterocycles. The van der Waals surface area contributed by atoms with Crippen LogP contribution in [-0.4, -0.2) is 48.4 Å². The molecule has 2 aliphatic rings. The zero-order chi connectivity index (χ0) is 17.8. The Hall–Kier alpha value is -1.88. The van der Waals surface area contributed by atoms with E-state index in [9.17, 15) is 9.59 Å². The van der Waals surface area contributed by atoms with Crippen LogP contribution in [0.15, 0.2) is 30.3 Å². The van der Waals surface area contributed by atoms with E-state index in [0.29, 0.717) is 18.4 Å².